The molecule has 0 unspecified atom stereocenters. The molecule has 2 aromatic rings. The summed E-state index contributed by atoms with van der Waals surface area (Å²) in [6, 6.07) is 3.34. The number of nitrogens with zero attached hydrogens (tertiary/aromatic N) is 6. The van der Waals surface area contributed by atoms with Gasteiger partial charge in [0.1, 0.15) is 5.82 Å². The average molecular weight is 423 g/mol. The molecule has 0 amide bonds. The van der Waals surface area contributed by atoms with Crippen LogP contribution in [0.3, 0.4) is 0 Å². The van der Waals surface area contributed by atoms with E-state index in [9.17, 15) is 13.2 Å². The fraction of sp³-hybridized carbons (Fsp3) is 0.632. The van der Waals surface area contributed by atoms with Crippen LogP contribution in [0.4, 0.5) is 0 Å². The normalized spacial score (nSPS) is 17.0. The van der Waals surface area contributed by atoms with Crippen LogP contribution in [0.2, 0.25) is 0 Å². The predicted molar refractivity (Wildman–Crippen MR) is 110 cm³/mol. The number of piperazine rings is 1. The Morgan fingerprint density at radius 2 is 1.72 bits per heavy atom. The van der Waals surface area contributed by atoms with Crippen LogP contribution in [-0.2, 0) is 29.0 Å². The van der Waals surface area contributed by atoms with Crippen LogP contribution in [0.15, 0.2) is 28.2 Å². The van der Waals surface area contributed by atoms with Gasteiger partial charge in [0.15, 0.2) is 5.03 Å². The number of sulfonamides is 1. The lowest BCUT2D eigenvalue weighted by molar-refractivity contribution is 0.179. The second kappa shape index (κ2) is 8.00. The SMILES string of the molecule is Cc1nc(S(=O)(=O)N2CCN(CCn3nc(C(C)(C)C)ccc3=O)CC2)cn1C. The Labute approximate surface area is 172 Å². The van der Waals surface area contributed by atoms with Crippen molar-refractivity contribution in [3.63, 3.8) is 0 Å². The summed E-state index contributed by atoms with van der Waals surface area (Å²) in [6.07, 6.45) is 1.55. The maximum Gasteiger partial charge on any atom is 0.266 e. The third kappa shape index (κ3) is 4.76. The molecule has 0 N–H and O–H groups in total. The Balaban J connectivity index is 1.60. The second-order valence-corrected chi connectivity index (χ2v) is 10.4. The van der Waals surface area contributed by atoms with Crippen LogP contribution in [-0.4, -0.2) is 69.7 Å². The largest absolute Gasteiger partial charge is 0.337 e. The Morgan fingerprint density at radius 3 is 2.28 bits per heavy atom. The van der Waals surface area contributed by atoms with E-state index in [1.165, 1.54) is 8.99 Å². The van der Waals surface area contributed by atoms with E-state index in [4.69, 9.17) is 0 Å². The van der Waals surface area contributed by atoms with E-state index in [2.05, 4.69) is 35.8 Å². The summed E-state index contributed by atoms with van der Waals surface area (Å²) in [6.45, 7) is 11.1. The molecule has 29 heavy (non-hydrogen) atoms. The number of aromatic nitrogens is 4. The minimum atomic E-state index is -3.58. The topological polar surface area (TPSA) is 93.3 Å². The van der Waals surface area contributed by atoms with Crippen LogP contribution >= 0.6 is 0 Å². The molecule has 0 bridgehead atoms. The highest BCUT2D eigenvalue weighted by molar-refractivity contribution is 7.89. The standard InChI is InChI=1S/C19H30N6O3S/c1-15-20-17(14-22(15)5)29(27,28)24-11-8-23(9-12-24)10-13-25-18(26)7-6-16(21-25)19(2,3)4/h6-7,14H,8-13H2,1-5H3. The van der Waals surface area contributed by atoms with E-state index in [1.807, 2.05) is 0 Å². The van der Waals surface area contributed by atoms with Crippen molar-refractivity contribution in [2.24, 2.45) is 7.05 Å². The predicted octanol–water partition coefficient (Wildman–Crippen LogP) is 0.589. The molecule has 9 nitrogen and oxygen atoms in total. The van der Waals surface area contributed by atoms with Crippen LogP contribution < -0.4 is 5.56 Å². The number of hydrogen-bond acceptors (Lipinski definition) is 6. The van der Waals surface area contributed by atoms with Gasteiger partial charge in [0, 0.05) is 57.4 Å². The lowest BCUT2D eigenvalue weighted by atomic mass is 9.92. The summed E-state index contributed by atoms with van der Waals surface area (Å²) < 4.78 is 30.3. The summed E-state index contributed by atoms with van der Waals surface area (Å²) in [5.41, 5.74) is 0.627. The van der Waals surface area contributed by atoms with E-state index in [0.29, 0.717) is 45.1 Å². The third-order valence-electron chi connectivity index (χ3n) is 5.29. The van der Waals surface area contributed by atoms with E-state index >= 15 is 0 Å². The van der Waals surface area contributed by atoms with Crippen molar-refractivity contribution in [3.8, 4) is 0 Å². The van der Waals surface area contributed by atoms with E-state index in [-0.39, 0.29) is 16.0 Å². The highest BCUT2D eigenvalue weighted by Crippen LogP contribution is 2.18. The smallest absolute Gasteiger partial charge is 0.266 e. The van der Waals surface area contributed by atoms with Crippen molar-refractivity contribution in [3.05, 3.63) is 40.2 Å². The zero-order chi connectivity index (χ0) is 21.4. The van der Waals surface area contributed by atoms with Crippen LogP contribution in [0.1, 0.15) is 32.3 Å². The monoisotopic (exact) mass is 422 g/mol. The molecule has 0 aromatic carbocycles. The van der Waals surface area contributed by atoms with Gasteiger partial charge < -0.3 is 4.57 Å². The Kier molecular flexibility index (Phi) is 5.98. The van der Waals surface area contributed by atoms with Crippen LogP contribution in [0.25, 0.3) is 0 Å². The molecule has 160 valence electrons. The first-order valence-corrected chi connectivity index (χ1v) is 11.2. The molecule has 3 heterocycles. The lowest BCUT2D eigenvalue weighted by Gasteiger charge is -2.33. The van der Waals surface area contributed by atoms with Crippen molar-refractivity contribution in [2.75, 3.05) is 32.7 Å². The van der Waals surface area contributed by atoms with E-state index in [0.717, 1.165) is 5.69 Å². The van der Waals surface area contributed by atoms with Crippen LogP contribution in [0, 0.1) is 6.92 Å². The van der Waals surface area contributed by atoms with Gasteiger partial charge in [-0.1, -0.05) is 20.8 Å². The van der Waals surface area contributed by atoms with Gasteiger partial charge in [-0.05, 0) is 13.0 Å². The minimum Gasteiger partial charge on any atom is -0.337 e. The van der Waals surface area contributed by atoms with Crippen molar-refractivity contribution >= 4 is 10.0 Å². The van der Waals surface area contributed by atoms with Gasteiger partial charge >= 0.3 is 0 Å². The first-order chi connectivity index (χ1) is 13.5. The number of aryl methyl sites for hydroxylation is 2. The minimum absolute atomic E-state index is 0.0979. The molecular formula is C19H30N6O3S. The van der Waals surface area contributed by atoms with Crippen molar-refractivity contribution in [2.45, 2.75) is 44.7 Å². The Hall–Kier alpha value is -2.04. The second-order valence-electron chi connectivity index (χ2n) is 8.51. The quantitative estimate of drug-likeness (QED) is 0.700. The number of imidazole rings is 1. The molecule has 1 fully saturated rings. The molecule has 0 saturated carbocycles. The molecule has 3 rings (SSSR count). The van der Waals surface area contributed by atoms with Gasteiger partial charge in [-0.25, -0.2) is 18.1 Å². The maximum atomic E-state index is 12.8. The summed E-state index contributed by atoms with van der Waals surface area (Å²) in [5.74, 6) is 0.664. The highest BCUT2D eigenvalue weighted by Gasteiger charge is 2.30. The average Bonchev–Trinajstić information content (AvgIpc) is 3.00. The molecule has 1 aliphatic rings. The van der Waals surface area contributed by atoms with Crippen LogP contribution in [0.5, 0.6) is 0 Å². The maximum absolute atomic E-state index is 12.8. The van der Waals surface area contributed by atoms with Gasteiger partial charge in [-0.15, -0.1) is 0 Å². The van der Waals surface area contributed by atoms with Crippen molar-refractivity contribution in [1.29, 1.82) is 0 Å². The fourth-order valence-electron chi connectivity index (χ4n) is 3.22. The number of rotatable bonds is 5. The Morgan fingerprint density at radius 1 is 1.07 bits per heavy atom. The molecule has 1 aliphatic heterocycles. The summed E-state index contributed by atoms with van der Waals surface area (Å²) >= 11 is 0. The molecule has 10 heteroatoms. The molecule has 1 saturated heterocycles. The zero-order valence-corrected chi connectivity index (χ0v) is 18.6. The van der Waals surface area contributed by atoms with Crippen molar-refractivity contribution in [1.82, 2.24) is 28.5 Å². The first kappa shape index (κ1) is 21.7. The Bertz CT molecular complexity index is 1010. The summed E-state index contributed by atoms with van der Waals surface area (Å²) in [4.78, 5) is 18.4. The van der Waals surface area contributed by atoms with E-state index in [1.54, 1.807) is 36.9 Å². The summed E-state index contributed by atoms with van der Waals surface area (Å²) in [5, 5.41) is 4.59. The number of hydrogen-bond donors (Lipinski definition) is 0. The first-order valence-electron chi connectivity index (χ1n) is 9.79. The van der Waals surface area contributed by atoms with Gasteiger partial charge in [0.2, 0.25) is 0 Å². The highest BCUT2D eigenvalue weighted by atomic mass is 32.2. The molecule has 0 radical (unpaired) electrons. The fourth-order valence-corrected chi connectivity index (χ4v) is 4.67. The zero-order valence-electron chi connectivity index (χ0n) is 17.8. The van der Waals surface area contributed by atoms with Gasteiger partial charge in [0.05, 0.1) is 12.2 Å². The van der Waals surface area contributed by atoms with Gasteiger partial charge in [-0.3, -0.25) is 9.69 Å². The molecule has 2 aromatic heterocycles. The molecule has 0 spiro atoms. The lowest BCUT2D eigenvalue weighted by Crippen LogP contribution is -2.49. The molecule has 0 atom stereocenters. The van der Waals surface area contributed by atoms with Gasteiger partial charge in [0.25, 0.3) is 15.6 Å². The molecule has 0 aliphatic carbocycles. The third-order valence-corrected chi connectivity index (χ3v) is 7.06. The van der Waals surface area contributed by atoms with Crippen molar-refractivity contribution < 1.29 is 8.42 Å². The molecular weight excluding hydrogens is 392 g/mol. The van der Waals surface area contributed by atoms with E-state index < -0.39 is 10.0 Å². The summed E-state index contributed by atoms with van der Waals surface area (Å²) in [7, 11) is -1.79. The van der Waals surface area contributed by atoms with Gasteiger partial charge in [-0.2, -0.15) is 9.40 Å².